The number of para-hydroxylation sites is 3. The van der Waals surface area contributed by atoms with Gasteiger partial charge in [-0.05, 0) is 232 Å². The molecule has 0 aromatic heterocycles. The molecule has 0 spiro atoms. The lowest BCUT2D eigenvalue weighted by molar-refractivity contribution is 0.398. The molecule has 4 nitrogen and oxygen atoms in total. The minimum Gasteiger partial charge on any atom is -0.310 e. The maximum absolute atomic E-state index is 2.63. The van der Waals surface area contributed by atoms with Gasteiger partial charge in [0.2, 0.25) is 0 Å². The zero-order valence-electron chi connectivity index (χ0n) is 61.6. The van der Waals surface area contributed by atoms with Crippen LogP contribution in [-0.2, 0) is 11.8 Å². The van der Waals surface area contributed by atoms with Crippen LogP contribution in [0, 0.1) is 6.92 Å². The zero-order chi connectivity index (χ0) is 71.1. The SMILES string of the molecule is CCCCCCCCC1(CCCCCCCC)c2cc(N(c3ccccc3)c3cccc(C)c3)ccc2-c2ccc(N(c3ccccc3)c3cccc(Cc4cccc(N(c5ccc6c(c5)C(C)c5cc(N(c7ccccc7)c7cccc8ccccc78)ccc5-6)c5cccc6ccccc56)c4)c3)cc21. The van der Waals surface area contributed by atoms with Crippen LogP contribution in [0.1, 0.15) is 156 Å². The molecule has 520 valence electrons. The Kier molecular flexibility index (Phi) is 20.2. The summed E-state index contributed by atoms with van der Waals surface area (Å²) in [5.41, 5.74) is 28.6. The molecule has 0 radical (unpaired) electrons. The zero-order valence-corrected chi connectivity index (χ0v) is 61.6. The molecule has 14 aromatic carbocycles. The lowest BCUT2D eigenvalue weighted by atomic mass is 9.70. The van der Waals surface area contributed by atoms with Gasteiger partial charge >= 0.3 is 0 Å². The highest BCUT2D eigenvalue weighted by Crippen LogP contribution is 2.58. The quantitative estimate of drug-likeness (QED) is 0.0453. The number of unbranched alkanes of at least 4 members (excludes halogenated alkanes) is 10. The number of aryl methyl sites for hydroxylation is 1. The summed E-state index contributed by atoms with van der Waals surface area (Å²) in [6.45, 7) is 9.27. The Morgan fingerprint density at radius 1 is 0.276 bits per heavy atom. The van der Waals surface area contributed by atoms with Crippen molar-refractivity contribution in [1.29, 1.82) is 0 Å². The van der Waals surface area contributed by atoms with Crippen molar-refractivity contribution in [2.75, 3.05) is 19.6 Å². The van der Waals surface area contributed by atoms with E-state index in [1.165, 1.54) is 188 Å². The molecule has 0 bridgehead atoms. The topological polar surface area (TPSA) is 13.0 Å². The summed E-state index contributed by atoms with van der Waals surface area (Å²) in [7, 11) is 0. The van der Waals surface area contributed by atoms with Crippen LogP contribution in [0.3, 0.4) is 0 Å². The van der Waals surface area contributed by atoms with Crippen molar-refractivity contribution in [3.05, 3.63) is 360 Å². The van der Waals surface area contributed by atoms with Crippen LogP contribution in [0.2, 0.25) is 0 Å². The summed E-state index contributed by atoms with van der Waals surface area (Å²) < 4.78 is 0. The molecule has 0 aliphatic heterocycles. The molecule has 105 heavy (non-hydrogen) atoms. The predicted octanol–water partition coefficient (Wildman–Crippen LogP) is 29.7. The van der Waals surface area contributed by atoms with Crippen molar-refractivity contribution >= 4 is 89.8 Å². The lowest BCUT2D eigenvalue weighted by Crippen LogP contribution is -2.26. The fourth-order valence-electron chi connectivity index (χ4n) is 17.5. The second-order valence-corrected chi connectivity index (χ2v) is 29.5. The molecule has 2 aliphatic rings. The van der Waals surface area contributed by atoms with Crippen LogP contribution >= 0.6 is 0 Å². The molecule has 16 rings (SSSR count). The fourth-order valence-corrected chi connectivity index (χ4v) is 17.5. The smallest absolute Gasteiger partial charge is 0.0540 e. The third-order valence-corrected chi connectivity index (χ3v) is 22.6. The maximum atomic E-state index is 2.63. The minimum atomic E-state index is -0.173. The number of fused-ring (bicyclic) bond motifs is 8. The van der Waals surface area contributed by atoms with Crippen molar-refractivity contribution in [3.8, 4) is 22.3 Å². The van der Waals surface area contributed by atoms with Crippen LogP contribution in [0.5, 0.6) is 0 Å². The van der Waals surface area contributed by atoms with E-state index in [9.17, 15) is 0 Å². The molecule has 0 saturated carbocycles. The van der Waals surface area contributed by atoms with E-state index in [1.54, 1.807) is 0 Å². The normalized spacial score (nSPS) is 13.1. The third-order valence-electron chi connectivity index (χ3n) is 22.6. The molecule has 2 aliphatic carbocycles. The summed E-state index contributed by atoms with van der Waals surface area (Å²) in [6.07, 6.45) is 18.2. The molecule has 0 N–H and O–H groups in total. The van der Waals surface area contributed by atoms with Crippen LogP contribution in [0.15, 0.2) is 322 Å². The van der Waals surface area contributed by atoms with E-state index in [1.807, 2.05) is 0 Å². The van der Waals surface area contributed by atoms with E-state index < -0.39 is 0 Å². The average molecular weight is 1370 g/mol. The van der Waals surface area contributed by atoms with E-state index in [2.05, 4.69) is 369 Å². The molecule has 0 heterocycles. The van der Waals surface area contributed by atoms with Gasteiger partial charge in [0.25, 0.3) is 0 Å². The first-order valence-electron chi connectivity index (χ1n) is 39.0. The van der Waals surface area contributed by atoms with Crippen LogP contribution < -0.4 is 19.6 Å². The fraction of sp³-hybridized carbons (Fsp3) is 0.208. The Labute approximate surface area is 623 Å². The van der Waals surface area contributed by atoms with Gasteiger partial charge in [0.15, 0.2) is 0 Å². The first kappa shape index (κ1) is 68.2. The highest BCUT2D eigenvalue weighted by Gasteiger charge is 2.43. The summed E-state index contributed by atoms with van der Waals surface area (Å²) in [6, 6.07) is 121. The van der Waals surface area contributed by atoms with Gasteiger partial charge in [0, 0.05) is 79.0 Å². The van der Waals surface area contributed by atoms with Gasteiger partial charge in [-0.2, -0.15) is 0 Å². The molecule has 1 atom stereocenters. The highest BCUT2D eigenvalue weighted by atomic mass is 15.2. The summed E-state index contributed by atoms with van der Waals surface area (Å²) in [5, 5.41) is 4.88. The Bertz CT molecular complexity index is 5320. The predicted molar refractivity (Wildman–Crippen MR) is 449 cm³/mol. The molecule has 14 aromatic rings. The first-order chi connectivity index (χ1) is 51.8. The van der Waals surface area contributed by atoms with Crippen LogP contribution in [-0.4, -0.2) is 0 Å². The van der Waals surface area contributed by atoms with E-state index in [0.29, 0.717) is 0 Å². The van der Waals surface area contributed by atoms with Crippen molar-refractivity contribution < 1.29 is 0 Å². The van der Waals surface area contributed by atoms with Gasteiger partial charge in [-0.15, -0.1) is 0 Å². The highest BCUT2D eigenvalue weighted by molar-refractivity contribution is 6.01. The number of hydrogen-bond donors (Lipinski definition) is 0. The number of benzene rings is 14. The average Bonchev–Trinajstić information content (AvgIpc) is 1.57. The molecule has 0 saturated heterocycles. The molecule has 0 fully saturated rings. The molecular formula is C101H96N4. The monoisotopic (exact) mass is 1360 g/mol. The van der Waals surface area contributed by atoms with Gasteiger partial charge in [-0.1, -0.05) is 286 Å². The number of rotatable bonds is 28. The van der Waals surface area contributed by atoms with Gasteiger partial charge in [-0.25, -0.2) is 0 Å². The van der Waals surface area contributed by atoms with E-state index in [-0.39, 0.29) is 11.3 Å². The second kappa shape index (κ2) is 31.0. The number of hydrogen-bond acceptors (Lipinski definition) is 4. The van der Waals surface area contributed by atoms with Crippen molar-refractivity contribution in [2.24, 2.45) is 0 Å². The summed E-state index contributed by atoms with van der Waals surface area (Å²) in [5.74, 6) is 0.156. The Morgan fingerprint density at radius 3 is 1.09 bits per heavy atom. The van der Waals surface area contributed by atoms with E-state index in [0.717, 1.165) is 59.1 Å². The third kappa shape index (κ3) is 13.9. The van der Waals surface area contributed by atoms with Gasteiger partial charge in [-0.3, -0.25) is 0 Å². The first-order valence-corrected chi connectivity index (χ1v) is 39.0. The van der Waals surface area contributed by atoms with Crippen molar-refractivity contribution in [2.45, 2.75) is 135 Å². The summed E-state index contributed by atoms with van der Waals surface area (Å²) in [4.78, 5) is 9.96. The molecule has 0 amide bonds. The Balaban J connectivity index is 0.754. The number of anilines is 12. The molecular weight excluding hydrogens is 1270 g/mol. The Hall–Kier alpha value is -11.2. The standard InChI is InChI=1S/C101H96N4/c1-5-7-9-11-13-28-63-101(64-29-14-12-10-8-6-2)97-71-87(102(79-42-18-15-19-43-79)82-48-30-35-73(3)65-82)57-61-93(97)94-62-58-88(72-98(94)101)103(80-44-20-16-21-45-80)83-49-31-36-75(67-83)66-76-37-32-50-84(68-76)105(100-54-34-41-78-39-25-27-52-90(78)100)86-56-60-92-91-59-55-85(69-95(91)74(4)96(92)70-86)104(81-46-22-17-23-47-81)99-53-33-40-77-38-24-26-51-89(77)99/h15-27,30-62,65,67-72,74H,5-14,28-29,63-64,66H2,1-4H3. The lowest BCUT2D eigenvalue weighted by Gasteiger charge is -2.35. The van der Waals surface area contributed by atoms with Gasteiger partial charge in [0.05, 0.1) is 11.4 Å². The van der Waals surface area contributed by atoms with E-state index >= 15 is 0 Å². The molecule has 4 heteroatoms. The largest absolute Gasteiger partial charge is 0.310 e. The van der Waals surface area contributed by atoms with Gasteiger partial charge in [0.1, 0.15) is 0 Å². The van der Waals surface area contributed by atoms with Crippen LogP contribution in [0.25, 0.3) is 43.8 Å². The van der Waals surface area contributed by atoms with Crippen molar-refractivity contribution in [1.82, 2.24) is 0 Å². The summed E-state index contributed by atoms with van der Waals surface area (Å²) >= 11 is 0. The van der Waals surface area contributed by atoms with E-state index in [4.69, 9.17) is 0 Å². The van der Waals surface area contributed by atoms with Crippen LogP contribution in [0.4, 0.5) is 68.2 Å². The number of nitrogens with zero attached hydrogens (tertiary/aromatic N) is 4. The minimum absolute atomic E-state index is 0.156. The van der Waals surface area contributed by atoms with Crippen molar-refractivity contribution in [3.63, 3.8) is 0 Å². The molecule has 1 unspecified atom stereocenters. The Morgan fingerprint density at radius 2 is 0.619 bits per heavy atom. The second-order valence-electron chi connectivity index (χ2n) is 29.5. The van der Waals surface area contributed by atoms with Gasteiger partial charge < -0.3 is 19.6 Å². The maximum Gasteiger partial charge on any atom is 0.0540 e.